The lowest BCUT2D eigenvalue weighted by atomic mass is 9.71. The molecule has 0 radical (unpaired) electrons. The lowest BCUT2D eigenvalue weighted by Gasteiger charge is -2.52. The average molecular weight is 466 g/mol. The first kappa shape index (κ1) is 23.6. The van der Waals surface area contributed by atoms with E-state index < -0.39 is 0 Å². The van der Waals surface area contributed by atoms with Crippen molar-refractivity contribution in [3.63, 3.8) is 0 Å². The Morgan fingerprint density at radius 3 is 2.47 bits per heavy atom. The molecule has 1 aromatic carbocycles. The van der Waals surface area contributed by atoms with Gasteiger partial charge in [-0.15, -0.1) is 0 Å². The molecule has 3 saturated heterocycles. The fourth-order valence-corrected chi connectivity index (χ4v) is 6.36. The van der Waals surface area contributed by atoms with E-state index >= 15 is 0 Å². The maximum Gasteiger partial charge on any atom is 0.315 e. The van der Waals surface area contributed by atoms with Gasteiger partial charge in [0, 0.05) is 19.1 Å². The van der Waals surface area contributed by atoms with Crippen molar-refractivity contribution in [2.24, 2.45) is 11.3 Å². The minimum atomic E-state index is -0.274. The summed E-state index contributed by atoms with van der Waals surface area (Å²) < 4.78 is 11.3. The highest BCUT2D eigenvalue weighted by molar-refractivity contribution is 5.78. The number of benzene rings is 1. The minimum Gasteiger partial charge on any atom is -0.382 e. The first-order chi connectivity index (χ1) is 16.5. The van der Waals surface area contributed by atoms with Crippen molar-refractivity contribution < 1.29 is 14.3 Å². The molecule has 2 bridgehead atoms. The highest BCUT2D eigenvalue weighted by Crippen LogP contribution is 2.55. The Bertz CT molecular complexity index is 933. The molecule has 4 fully saturated rings. The predicted octanol–water partition coefficient (Wildman–Crippen LogP) is 4.00. The SMILES string of the molecule is COCCOCC1(C2(NC(=O)N[C@]3(C)CN4CCC3CC4)CC2)C=CC(c2ccccc2)=CC1. The second-order valence-corrected chi connectivity index (χ2v) is 10.9. The number of piperidine rings is 3. The van der Waals surface area contributed by atoms with Crippen LogP contribution in [0.5, 0.6) is 0 Å². The van der Waals surface area contributed by atoms with Crippen LogP contribution in [0.3, 0.4) is 0 Å². The predicted molar refractivity (Wildman–Crippen MR) is 135 cm³/mol. The van der Waals surface area contributed by atoms with Crippen LogP contribution in [0.25, 0.3) is 5.57 Å². The molecule has 2 atom stereocenters. The van der Waals surface area contributed by atoms with Crippen LogP contribution >= 0.6 is 0 Å². The van der Waals surface area contributed by atoms with Crippen LogP contribution in [0, 0.1) is 11.3 Å². The number of fused-ring (bicyclic) bond motifs is 3. The van der Waals surface area contributed by atoms with Gasteiger partial charge in [0.1, 0.15) is 0 Å². The molecule has 6 rings (SSSR count). The lowest BCUT2D eigenvalue weighted by Crippen LogP contribution is -2.67. The number of amides is 2. The molecule has 6 heteroatoms. The molecule has 1 saturated carbocycles. The number of carbonyl (C=O) groups excluding carboxylic acids is 1. The fourth-order valence-electron chi connectivity index (χ4n) is 6.36. The molecule has 1 aromatic rings. The van der Waals surface area contributed by atoms with Gasteiger partial charge < -0.3 is 25.0 Å². The minimum absolute atomic E-state index is 0.0312. The van der Waals surface area contributed by atoms with Gasteiger partial charge in [0.05, 0.1) is 30.9 Å². The first-order valence-electron chi connectivity index (χ1n) is 12.8. The third-order valence-electron chi connectivity index (χ3n) is 8.66. The van der Waals surface area contributed by atoms with Crippen molar-refractivity contribution in [2.75, 3.05) is 46.6 Å². The van der Waals surface area contributed by atoms with E-state index in [-0.39, 0.29) is 22.5 Å². The molecular formula is C28H39N3O3. The molecule has 0 aromatic heterocycles. The van der Waals surface area contributed by atoms with E-state index in [1.165, 1.54) is 24.0 Å². The van der Waals surface area contributed by atoms with Crippen LogP contribution in [0.15, 0.2) is 48.6 Å². The van der Waals surface area contributed by atoms with Gasteiger partial charge in [0.25, 0.3) is 0 Å². The second-order valence-electron chi connectivity index (χ2n) is 10.9. The Kier molecular flexibility index (Phi) is 6.58. The molecule has 1 unspecified atom stereocenters. The number of methoxy groups -OCH3 is 1. The van der Waals surface area contributed by atoms with Crippen molar-refractivity contribution in [1.29, 1.82) is 0 Å². The number of ether oxygens (including phenoxy) is 2. The van der Waals surface area contributed by atoms with Gasteiger partial charge in [-0.2, -0.15) is 0 Å². The highest BCUT2D eigenvalue weighted by atomic mass is 16.5. The Labute approximate surface area is 203 Å². The Hall–Kier alpha value is -2.15. The number of nitrogens with zero attached hydrogens (tertiary/aromatic N) is 1. The summed E-state index contributed by atoms with van der Waals surface area (Å²) in [5.41, 5.74) is 1.77. The standard InChI is InChI=1S/C28H39N3O3/c1-26(20-31-16-10-24(26)11-17-31)29-25(32)30-28(14-15-28)27(21-34-19-18-33-2)12-8-23(9-13-27)22-6-4-3-5-7-22/h3-9,12,24H,10-11,13-21H2,1-2H3,(H2,29,30,32)/t26-,27?/m1/s1. The van der Waals surface area contributed by atoms with Crippen LogP contribution in [0.4, 0.5) is 4.79 Å². The number of carbonyl (C=O) groups is 1. The smallest absolute Gasteiger partial charge is 0.315 e. The maximum absolute atomic E-state index is 13.4. The summed E-state index contributed by atoms with van der Waals surface area (Å²) in [7, 11) is 1.69. The number of allylic oxidation sites excluding steroid dienone is 3. The van der Waals surface area contributed by atoms with Crippen LogP contribution < -0.4 is 10.6 Å². The third kappa shape index (κ3) is 4.56. The van der Waals surface area contributed by atoms with E-state index in [0.717, 1.165) is 38.9 Å². The zero-order chi connectivity index (χ0) is 23.7. The van der Waals surface area contributed by atoms with Gasteiger partial charge in [0.2, 0.25) is 0 Å². The summed E-state index contributed by atoms with van der Waals surface area (Å²) in [4.78, 5) is 15.8. The lowest BCUT2D eigenvalue weighted by molar-refractivity contribution is 0.0120. The van der Waals surface area contributed by atoms with Gasteiger partial charge in [-0.25, -0.2) is 4.79 Å². The maximum atomic E-state index is 13.4. The molecule has 2 aliphatic carbocycles. The molecular weight excluding hydrogens is 426 g/mol. The molecule has 2 amide bonds. The number of urea groups is 1. The molecule has 3 aliphatic heterocycles. The summed E-state index contributed by atoms with van der Waals surface area (Å²) >= 11 is 0. The number of rotatable bonds is 9. The summed E-state index contributed by atoms with van der Waals surface area (Å²) in [5, 5.41) is 6.84. The molecule has 0 spiro atoms. The van der Waals surface area contributed by atoms with Gasteiger partial charge in [-0.3, -0.25) is 0 Å². The van der Waals surface area contributed by atoms with Crippen LogP contribution in [0.2, 0.25) is 0 Å². The van der Waals surface area contributed by atoms with E-state index in [1.54, 1.807) is 7.11 Å². The highest BCUT2D eigenvalue weighted by Gasteiger charge is 2.59. The van der Waals surface area contributed by atoms with Gasteiger partial charge in [0.15, 0.2) is 0 Å². The first-order valence-corrected chi connectivity index (χ1v) is 12.8. The molecule has 34 heavy (non-hydrogen) atoms. The Morgan fingerprint density at radius 2 is 1.88 bits per heavy atom. The van der Waals surface area contributed by atoms with Crippen molar-refractivity contribution in [1.82, 2.24) is 15.5 Å². The summed E-state index contributed by atoms with van der Waals surface area (Å²) in [6.45, 7) is 7.20. The normalized spacial score (nSPS) is 33.3. The van der Waals surface area contributed by atoms with Crippen LogP contribution in [-0.2, 0) is 9.47 Å². The largest absolute Gasteiger partial charge is 0.382 e. The van der Waals surface area contributed by atoms with E-state index in [4.69, 9.17) is 9.47 Å². The van der Waals surface area contributed by atoms with Crippen molar-refractivity contribution in [3.05, 3.63) is 54.1 Å². The third-order valence-corrected chi connectivity index (χ3v) is 8.66. The van der Waals surface area contributed by atoms with E-state index in [9.17, 15) is 4.79 Å². The Balaban J connectivity index is 1.30. The second kappa shape index (κ2) is 9.48. The zero-order valence-electron chi connectivity index (χ0n) is 20.6. The number of hydrogen-bond donors (Lipinski definition) is 2. The van der Waals surface area contributed by atoms with Gasteiger partial charge in [-0.1, -0.05) is 48.6 Å². The topological polar surface area (TPSA) is 62.8 Å². The summed E-state index contributed by atoms with van der Waals surface area (Å²) in [5.74, 6) is 0.565. The van der Waals surface area contributed by atoms with E-state index in [2.05, 4.69) is 65.0 Å². The molecule has 2 N–H and O–H groups in total. The zero-order valence-corrected chi connectivity index (χ0v) is 20.6. The van der Waals surface area contributed by atoms with E-state index in [0.29, 0.717) is 25.7 Å². The molecule has 3 heterocycles. The van der Waals surface area contributed by atoms with Crippen molar-refractivity contribution in [2.45, 2.75) is 50.1 Å². The molecule has 184 valence electrons. The number of hydrogen-bond acceptors (Lipinski definition) is 4. The van der Waals surface area contributed by atoms with Crippen LogP contribution in [0.1, 0.15) is 44.6 Å². The quantitative estimate of drug-likeness (QED) is 0.541. The monoisotopic (exact) mass is 465 g/mol. The average Bonchev–Trinajstić information content (AvgIpc) is 3.64. The van der Waals surface area contributed by atoms with Crippen molar-refractivity contribution in [3.8, 4) is 0 Å². The summed E-state index contributed by atoms with van der Waals surface area (Å²) in [6, 6.07) is 10.4. The van der Waals surface area contributed by atoms with Crippen molar-refractivity contribution >= 4 is 11.6 Å². The van der Waals surface area contributed by atoms with Gasteiger partial charge >= 0.3 is 6.03 Å². The van der Waals surface area contributed by atoms with Gasteiger partial charge in [-0.05, 0) is 69.2 Å². The van der Waals surface area contributed by atoms with E-state index in [1.807, 2.05) is 6.07 Å². The molecule has 5 aliphatic rings. The fraction of sp³-hybridized carbons (Fsp3) is 0.607. The number of nitrogens with one attached hydrogen (secondary N) is 2. The summed E-state index contributed by atoms with van der Waals surface area (Å²) in [6.07, 6.45) is 12.0. The Morgan fingerprint density at radius 1 is 1.12 bits per heavy atom. The van der Waals surface area contributed by atoms with Crippen LogP contribution in [-0.4, -0.2) is 68.6 Å². The molecule has 6 nitrogen and oxygen atoms in total.